The van der Waals surface area contributed by atoms with Gasteiger partial charge in [0.25, 0.3) is 0 Å². The van der Waals surface area contributed by atoms with Crippen molar-refractivity contribution < 1.29 is 14.3 Å². The summed E-state index contributed by atoms with van der Waals surface area (Å²) in [6.07, 6.45) is 2.96. The Hall–Kier alpha value is -2.55. The van der Waals surface area contributed by atoms with Gasteiger partial charge in [0.05, 0.1) is 17.5 Å². The van der Waals surface area contributed by atoms with Crippen molar-refractivity contribution in [2.45, 2.75) is 37.7 Å². The molecule has 4 rings (SSSR count). The highest BCUT2D eigenvalue weighted by atomic mass is 19.1. The fourth-order valence-corrected chi connectivity index (χ4v) is 3.05. The lowest BCUT2D eigenvalue weighted by Crippen LogP contribution is -2.44. The molecule has 1 aliphatic carbocycles. The van der Waals surface area contributed by atoms with E-state index in [2.05, 4.69) is 20.8 Å². The summed E-state index contributed by atoms with van der Waals surface area (Å²) in [4.78, 5) is 13.8. The van der Waals surface area contributed by atoms with Crippen molar-refractivity contribution in [1.29, 1.82) is 0 Å². The molecule has 1 aromatic carbocycles. The minimum absolute atomic E-state index is 0.0693. The molecule has 9 heteroatoms. The minimum atomic E-state index is -0.532. The first-order valence-electron chi connectivity index (χ1n) is 8.44. The molecule has 2 amide bonds. The molecule has 2 aromatic rings. The zero-order valence-electron chi connectivity index (χ0n) is 13.6. The average Bonchev–Trinajstić information content (AvgIpc) is 3.34. The Kier molecular flexibility index (Phi) is 4.08. The van der Waals surface area contributed by atoms with Crippen LogP contribution in [-0.4, -0.2) is 55.4 Å². The monoisotopic (exact) mass is 346 g/mol. The van der Waals surface area contributed by atoms with Gasteiger partial charge in [-0.3, -0.25) is 0 Å². The third-order valence-electron chi connectivity index (χ3n) is 4.56. The minimum Gasteiger partial charge on any atom is -0.391 e. The number of β-amino-alcohol motifs (C(OH)–C–C–N with tert-alkyl or cyclic N) is 1. The van der Waals surface area contributed by atoms with Crippen LogP contribution in [0.3, 0.4) is 0 Å². The molecule has 1 aliphatic heterocycles. The van der Waals surface area contributed by atoms with Crippen molar-refractivity contribution in [2.75, 3.05) is 18.4 Å². The maximum absolute atomic E-state index is 14.1. The number of aliphatic hydroxyl groups excluding tert-OH is 1. The van der Waals surface area contributed by atoms with E-state index in [1.54, 1.807) is 10.7 Å². The van der Waals surface area contributed by atoms with E-state index in [1.165, 1.54) is 17.0 Å². The van der Waals surface area contributed by atoms with E-state index in [0.717, 1.165) is 25.1 Å². The highest BCUT2D eigenvalue weighted by molar-refractivity contribution is 5.89. The van der Waals surface area contributed by atoms with E-state index in [-0.39, 0.29) is 12.2 Å². The Bertz CT molecular complexity index is 791. The molecular formula is C16H19FN6O2. The zero-order chi connectivity index (χ0) is 17.4. The Morgan fingerprint density at radius 2 is 2.16 bits per heavy atom. The van der Waals surface area contributed by atoms with Gasteiger partial charge in [0.15, 0.2) is 5.82 Å². The lowest BCUT2D eigenvalue weighted by Gasteiger charge is -2.30. The van der Waals surface area contributed by atoms with Gasteiger partial charge in [0.1, 0.15) is 5.82 Å². The molecule has 2 heterocycles. The summed E-state index contributed by atoms with van der Waals surface area (Å²) < 4.78 is 15.7. The number of aliphatic hydroxyl groups is 1. The van der Waals surface area contributed by atoms with Gasteiger partial charge in [0.2, 0.25) is 0 Å². The van der Waals surface area contributed by atoms with Crippen LogP contribution in [0.15, 0.2) is 18.2 Å². The number of hydrogen-bond acceptors (Lipinski definition) is 5. The molecule has 1 saturated heterocycles. The van der Waals surface area contributed by atoms with Crippen LogP contribution in [0.1, 0.15) is 37.4 Å². The number of urea groups is 1. The molecule has 132 valence electrons. The summed E-state index contributed by atoms with van der Waals surface area (Å²) in [6.45, 7) is 0.801. The van der Waals surface area contributed by atoms with Gasteiger partial charge in [0, 0.05) is 19.0 Å². The quantitative estimate of drug-likeness (QED) is 0.881. The molecule has 8 nitrogen and oxygen atoms in total. The molecule has 2 aliphatic rings. The van der Waals surface area contributed by atoms with Crippen molar-refractivity contribution in [3.63, 3.8) is 0 Å². The van der Waals surface area contributed by atoms with Gasteiger partial charge >= 0.3 is 6.03 Å². The van der Waals surface area contributed by atoms with Gasteiger partial charge < -0.3 is 15.3 Å². The van der Waals surface area contributed by atoms with Crippen LogP contribution in [0, 0.1) is 5.82 Å². The summed E-state index contributed by atoms with van der Waals surface area (Å²) in [5, 5.41) is 24.0. The number of hydrogen-bond donors (Lipinski definition) is 2. The Morgan fingerprint density at radius 3 is 2.92 bits per heavy atom. The van der Waals surface area contributed by atoms with E-state index in [4.69, 9.17) is 0 Å². The first kappa shape index (κ1) is 15.9. The maximum Gasteiger partial charge on any atom is 0.322 e. The molecule has 0 radical (unpaired) electrons. The highest BCUT2D eigenvalue weighted by Crippen LogP contribution is 2.39. The lowest BCUT2D eigenvalue weighted by molar-refractivity contribution is 0.0883. The highest BCUT2D eigenvalue weighted by Gasteiger charge is 2.30. The molecule has 0 unspecified atom stereocenters. The fourth-order valence-electron chi connectivity index (χ4n) is 3.05. The van der Waals surface area contributed by atoms with Crippen LogP contribution in [0.25, 0.3) is 5.69 Å². The number of nitrogens with one attached hydrogen (secondary N) is 1. The van der Waals surface area contributed by atoms with Crippen LogP contribution in [0.5, 0.6) is 0 Å². The summed E-state index contributed by atoms with van der Waals surface area (Å²) in [6, 6.07) is 3.97. The number of amides is 2. The first-order chi connectivity index (χ1) is 12.1. The second kappa shape index (κ2) is 6.40. The van der Waals surface area contributed by atoms with E-state index in [0.29, 0.717) is 24.6 Å². The molecular weight excluding hydrogens is 327 g/mol. The van der Waals surface area contributed by atoms with Crippen molar-refractivity contribution >= 4 is 11.7 Å². The number of halogens is 1. The summed E-state index contributed by atoms with van der Waals surface area (Å²) in [5.41, 5.74) is 0.669. The molecule has 25 heavy (non-hydrogen) atoms. The van der Waals surface area contributed by atoms with Crippen molar-refractivity contribution in [2.24, 2.45) is 0 Å². The predicted molar refractivity (Wildman–Crippen MR) is 86.9 cm³/mol. The Balaban J connectivity index is 1.55. The number of carbonyl (C=O) groups is 1. The average molecular weight is 346 g/mol. The maximum atomic E-state index is 14.1. The van der Waals surface area contributed by atoms with E-state index in [9.17, 15) is 14.3 Å². The summed E-state index contributed by atoms with van der Waals surface area (Å²) in [5.74, 6) is 0.562. The van der Waals surface area contributed by atoms with Crippen LogP contribution in [0.4, 0.5) is 14.9 Å². The third-order valence-corrected chi connectivity index (χ3v) is 4.56. The number of anilines is 1. The molecule has 1 saturated carbocycles. The number of carbonyl (C=O) groups excluding carboxylic acids is 1. The standard InChI is InChI=1S/C16H19FN6O2/c17-13-6-5-11(23-15(10-3-4-10)19-20-21-23)8-14(13)18-16(25)22-7-1-2-12(24)9-22/h5-6,8,10,12,24H,1-4,7,9H2,(H,18,25)/t12-/m0/s1. The summed E-state index contributed by atoms with van der Waals surface area (Å²) in [7, 11) is 0. The number of tetrazole rings is 1. The Morgan fingerprint density at radius 1 is 1.32 bits per heavy atom. The van der Waals surface area contributed by atoms with Gasteiger partial charge in [-0.05, 0) is 54.3 Å². The van der Waals surface area contributed by atoms with E-state index in [1.807, 2.05) is 0 Å². The topological polar surface area (TPSA) is 96.2 Å². The normalized spacial score (nSPS) is 20.6. The molecule has 0 bridgehead atoms. The van der Waals surface area contributed by atoms with Crippen LogP contribution in [-0.2, 0) is 0 Å². The number of nitrogens with zero attached hydrogens (tertiary/aromatic N) is 5. The van der Waals surface area contributed by atoms with Gasteiger partial charge in [-0.25, -0.2) is 9.18 Å². The second-order valence-electron chi connectivity index (χ2n) is 6.56. The SMILES string of the molecule is O=C(Nc1cc(-n2nnnc2C2CC2)ccc1F)N1CCC[C@H](O)C1. The van der Waals surface area contributed by atoms with Gasteiger partial charge in [-0.15, -0.1) is 5.10 Å². The largest absolute Gasteiger partial charge is 0.391 e. The van der Waals surface area contributed by atoms with Crippen LogP contribution >= 0.6 is 0 Å². The molecule has 0 spiro atoms. The van der Waals surface area contributed by atoms with Crippen molar-refractivity contribution in [3.8, 4) is 5.69 Å². The van der Waals surface area contributed by atoms with E-state index < -0.39 is 18.0 Å². The Labute approximate surface area is 143 Å². The number of rotatable bonds is 3. The number of piperidine rings is 1. The molecule has 2 fully saturated rings. The fraction of sp³-hybridized carbons (Fsp3) is 0.500. The second-order valence-corrected chi connectivity index (χ2v) is 6.56. The number of aromatic nitrogens is 4. The number of likely N-dealkylation sites (tertiary alicyclic amines) is 1. The van der Waals surface area contributed by atoms with Crippen molar-refractivity contribution in [3.05, 3.63) is 29.8 Å². The van der Waals surface area contributed by atoms with Crippen molar-refractivity contribution in [1.82, 2.24) is 25.1 Å². The molecule has 1 atom stereocenters. The van der Waals surface area contributed by atoms with Crippen LogP contribution < -0.4 is 5.32 Å². The smallest absolute Gasteiger partial charge is 0.322 e. The zero-order valence-corrected chi connectivity index (χ0v) is 13.6. The first-order valence-corrected chi connectivity index (χ1v) is 8.44. The molecule has 1 aromatic heterocycles. The third kappa shape index (κ3) is 3.32. The summed E-state index contributed by atoms with van der Waals surface area (Å²) >= 11 is 0. The van der Waals surface area contributed by atoms with Crippen LogP contribution in [0.2, 0.25) is 0 Å². The van der Waals surface area contributed by atoms with E-state index >= 15 is 0 Å². The predicted octanol–water partition coefficient (Wildman–Crippen LogP) is 1.67. The lowest BCUT2D eigenvalue weighted by atomic mass is 10.1. The molecule has 2 N–H and O–H groups in total. The van der Waals surface area contributed by atoms with Gasteiger partial charge in [-0.2, -0.15) is 4.68 Å². The number of benzene rings is 1. The van der Waals surface area contributed by atoms with Gasteiger partial charge in [-0.1, -0.05) is 0 Å².